The highest BCUT2D eigenvalue weighted by molar-refractivity contribution is 5.45. The third-order valence-corrected chi connectivity index (χ3v) is 2.75. The highest BCUT2D eigenvalue weighted by Gasteiger charge is 2.37. The number of alkyl halides is 3. The summed E-state index contributed by atoms with van der Waals surface area (Å²) < 4.78 is 36.8. The van der Waals surface area contributed by atoms with Gasteiger partial charge in [0.2, 0.25) is 0 Å². The van der Waals surface area contributed by atoms with Crippen LogP contribution in [-0.4, -0.2) is 12.1 Å². The molecule has 0 heterocycles. The lowest BCUT2D eigenvalue weighted by atomic mass is 10.2. The number of hydrogen-bond acceptors (Lipinski definition) is 2. The first kappa shape index (κ1) is 11.3. The smallest absolute Gasteiger partial charge is 0.383 e. The van der Waals surface area contributed by atoms with Gasteiger partial charge in [-0.3, -0.25) is 0 Å². The molecule has 1 aromatic rings. The average molecular weight is 230 g/mol. The van der Waals surface area contributed by atoms with Crippen molar-refractivity contribution in [3.8, 4) is 0 Å². The van der Waals surface area contributed by atoms with Crippen LogP contribution in [0.5, 0.6) is 0 Å². The Labute approximate surface area is 91.6 Å². The van der Waals surface area contributed by atoms with Crippen LogP contribution in [0.2, 0.25) is 0 Å². The van der Waals surface area contributed by atoms with Crippen molar-refractivity contribution in [1.29, 1.82) is 0 Å². The Hall–Kier alpha value is -1.23. The van der Waals surface area contributed by atoms with Gasteiger partial charge in [0.15, 0.2) is 0 Å². The normalized spacial score (nSPS) is 18.2. The maximum Gasteiger partial charge on any atom is 0.416 e. The molecule has 0 aromatic heterocycles. The predicted octanol–water partition coefficient (Wildman–Crippen LogP) is 2.61. The molecule has 88 valence electrons. The van der Waals surface area contributed by atoms with Gasteiger partial charge >= 0.3 is 6.18 Å². The first-order chi connectivity index (χ1) is 7.39. The van der Waals surface area contributed by atoms with Crippen LogP contribution in [0.15, 0.2) is 24.3 Å². The Bertz CT molecular complexity index is 366. The molecular formula is C11H13F3N2. The second kappa shape index (κ2) is 3.66. The Morgan fingerprint density at radius 3 is 2.19 bits per heavy atom. The fraction of sp³-hybridized carbons (Fsp3) is 0.455. The molecule has 0 atom stereocenters. The van der Waals surface area contributed by atoms with Crippen LogP contribution < -0.4 is 11.1 Å². The van der Waals surface area contributed by atoms with Gasteiger partial charge < -0.3 is 11.1 Å². The van der Waals surface area contributed by atoms with Gasteiger partial charge in [0.05, 0.1) is 5.56 Å². The van der Waals surface area contributed by atoms with Crippen molar-refractivity contribution in [2.75, 3.05) is 11.9 Å². The van der Waals surface area contributed by atoms with Crippen molar-refractivity contribution in [3.05, 3.63) is 29.8 Å². The highest BCUT2D eigenvalue weighted by atomic mass is 19.4. The molecule has 0 radical (unpaired) electrons. The Kier molecular flexibility index (Phi) is 2.58. The van der Waals surface area contributed by atoms with E-state index in [4.69, 9.17) is 5.73 Å². The summed E-state index contributed by atoms with van der Waals surface area (Å²) in [5.41, 5.74) is 5.74. The van der Waals surface area contributed by atoms with E-state index in [0.717, 1.165) is 25.0 Å². The van der Waals surface area contributed by atoms with Crippen LogP contribution in [0, 0.1) is 0 Å². The van der Waals surface area contributed by atoms with E-state index in [1.54, 1.807) is 0 Å². The summed E-state index contributed by atoms with van der Waals surface area (Å²) in [6, 6.07) is 4.99. The van der Waals surface area contributed by atoms with Gasteiger partial charge in [-0.05, 0) is 37.1 Å². The molecule has 0 unspecified atom stereocenters. The summed E-state index contributed by atoms with van der Waals surface area (Å²) in [5, 5.41) is 3.03. The van der Waals surface area contributed by atoms with Crippen molar-refractivity contribution in [3.63, 3.8) is 0 Å². The molecule has 0 aliphatic heterocycles. The molecular weight excluding hydrogens is 217 g/mol. The summed E-state index contributed by atoms with van der Waals surface area (Å²) in [5.74, 6) is 0. The maximum atomic E-state index is 12.3. The van der Waals surface area contributed by atoms with Gasteiger partial charge in [-0.25, -0.2) is 0 Å². The van der Waals surface area contributed by atoms with Crippen LogP contribution >= 0.6 is 0 Å². The average Bonchev–Trinajstić information content (AvgIpc) is 2.94. The summed E-state index contributed by atoms with van der Waals surface area (Å²) in [7, 11) is 0. The topological polar surface area (TPSA) is 38.0 Å². The van der Waals surface area contributed by atoms with Crippen LogP contribution in [0.25, 0.3) is 0 Å². The molecule has 0 spiro atoms. The number of halogens is 3. The molecule has 0 saturated heterocycles. The van der Waals surface area contributed by atoms with Gasteiger partial charge in [-0.15, -0.1) is 0 Å². The van der Waals surface area contributed by atoms with Gasteiger partial charge in [0, 0.05) is 17.8 Å². The minimum Gasteiger partial charge on any atom is -0.383 e. The van der Waals surface area contributed by atoms with Crippen molar-refractivity contribution < 1.29 is 13.2 Å². The van der Waals surface area contributed by atoms with E-state index in [1.165, 1.54) is 12.1 Å². The van der Waals surface area contributed by atoms with E-state index in [0.29, 0.717) is 12.2 Å². The number of nitrogens with two attached hydrogens (primary N) is 1. The Balaban J connectivity index is 1.96. The quantitative estimate of drug-likeness (QED) is 0.837. The molecule has 0 amide bonds. The standard InChI is InChI=1S/C11H13F3N2/c12-11(13,14)8-1-3-9(4-2-8)16-7-10(15)5-6-10/h1-4,16H,5-7,15H2. The minimum absolute atomic E-state index is 0.150. The van der Waals surface area contributed by atoms with E-state index in [-0.39, 0.29) is 5.54 Å². The number of benzene rings is 1. The summed E-state index contributed by atoms with van der Waals surface area (Å²) in [6.45, 7) is 0.609. The fourth-order valence-electron chi connectivity index (χ4n) is 1.39. The summed E-state index contributed by atoms with van der Waals surface area (Å²) in [4.78, 5) is 0. The first-order valence-electron chi connectivity index (χ1n) is 5.09. The molecule has 2 rings (SSSR count). The van der Waals surface area contributed by atoms with E-state index < -0.39 is 11.7 Å². The minimum atomic E-state index is -4.27. The molecule has 1 aromatic carbocycles. The van der Waals surface area contributed by atoms with Crippen molar-refractivity contribution in [2.45, 2.75) is 24.6 Å². The largest absolute Gasteiger partial charge is 0.416 e. The van der Waals surface area contributed by atoms with Crippen molar-refractivity contribution in [1.82, 2.24) is 0 Å². The lowest BCUT2D eigenvalue weighted by Gasteiger charge is -2.12. The molecule has 1 saturated carbocycles. The van der Waals surface area contributed by atoms with Gasteiger partial charge in [-0.2, -0.15) is 13.2 Å². The zero-order valence-electron chi connectivity index (χ0n) is 8.64. The summed E-state index contributed by atoms with van der Waals surface area (Å²) in [6.07, 6.45) is -2.33. The van der Waals surface area contributed by atoms with Crippen LogP contribution in [0.3, 0.4) is 0 Å². The third-order valence-electron chi connectivity index (χ3n) is 2.75. The summed E-state index contributed by atoms with van der Waals surface area (Å²) >= 11 is 0. The van der Waals surface area contributed by atoms with Gasteiger partial charge in [0.1, 0.15) is 0 Å². The number of hydrogen-bond donors (Lipinski definition) is 2. The molecule has 16 heavy (non-hydrogen) atoms. The van der Waals surface area contributed by atoms with Crippen molar-refractivity contribution >= 4 is 5.69 Å². The van der Waals surface area contributed by atoms with Crippen molar-refractivity contribution in [2.24, 2.45) is 5.73 Å². The maximum absolute atomic E-state index is 12.3. The van der Waals surface area contributed by atoms with E-state index in [2.05, 4.69) is 5.32 Å². The number of anilines is 1. The van der Waals surface area contributed by atoms with Gasteiger partial charge in [-0.1, -0.05) is 0 Å². The monoisotopic (exact) mass is 230 g/mol. The Morgan fingerprint density at radius 1 is 1.19 bits per heavy atom. The number of rotatable bonds is 3. The molecule has 3 N–H and O–H groups in total. The van der Waals surface area contributed by atoms with Crippen LogP contribution in [-0.2, 0) is 6.18 Å². The molecule has 1 aliphatic carbocycles. The predicted molar refractivity (Wildman–Crippen MR) is 56.1 cm³/mol. The van der Waals surface area contributed by atoms with E-state index in [1.807, 2.05) is 0 Å². The second-order valence-corrected chi connectivity index (χ2v) is 4.29. The highest BCUT2D eigenvalue weighted by Crippen LogP contribution is 2.33. The first-order valence-corrected chi connectivity index (χ1v) is 5.09. The SMILES string of the molecule is NC1(CNc2ccc(C(F)(F)F)cc2)CC1. The van der Waals surface area contributed by atoms with Crippen LogP contribution in [0.1, 0.15) is 18.4 Å². The lowest BCUT2D eigenvalue weighted by Crippen LogP contribution is -2.31. The molecule has 5 heteroatoms. The van der Waals surface area contributed by atoms with E-state index >= 15 is 0 Å². The second-order valence-electron chi connectivity index (χ2n) is 4.29. The molecule has 2 nitrogen and oxygen atoms in total. The fourth-order valence-corrected chi connectivity index (χ4v) is 1.39. The zero-order chi connectivity index (χ0) is 11.8. The van der Waals surface area contributed by atoms with Gasteiger partial charge in [0.25, 0.3) is 0 Å². The number of nitrogens with one attached hydrogen (secondary N) is 1. The zero-order valence-corrected chi connectivity index (χ0v) is 8.64. The lowest BCUT2D eigenvalue weighted by molar-refractivity contribution is -0.137. The third kappa shape index (κ3) is 2.66. The molecule has 1 fully saturated rings. The van der Waals surface area contributed by atoms with E-state index in [9.17, 15) is 13.2 Å². The molecule has 0 bridgehead atoms. The Morgan fingerprint density at radius 2 is 1.75 bits per heavy atom. The van der Waals surface area contributed by atoms with Crippen LogP contribution in [0.4, 0.5) is 18.9 Å². The molecule has 1 aliphatic rings.